The predicted molar refractivity (Wildman–Crippen MR) is 56.2 cm³/mol. The molecule has 0 amide bonds. The van der Waals surface area contributed by atoms with E-state index in [-0.39, 0.29) is 0 Å². The summed E-state index contributed by atoms with van der Waals surface area (Å²) in [6, 6.07) is 0. The molecule has 0 aliphatic carbocycles. The third-order valence-electron chi connectivity index (χ3n) is 1.35. The third kappa shape index (κ3) is 9.96. The molecule has 0 nitrogen and oxygen atoms in total. The number of alkyl halides is 1. The van der Waals surface area contributed by atoms with E-state index in [4.69, 9.17) is 0 Å². The van der Waals surface area contributed by atoms with E-state index in [1.807, 2.05) is 0 Å². The first-order valence-electron chi connectivity index (χ1n) is 4.27. The van der Waals surface area contributed by atoms with Gasteiger partial charge in [-0.3, -0.25) is 0 Å². The van der Waals surface area contributed by atoms with E-state index in [2.05, 4.69) is 47.2 Å². The van der Waals surface area contributed by atoms with Crippen molar-refractivity contribution in [2.75, 3.05) is 5.33 Å². The van der Waals surface area contributed by atoms with Crippen LogP contribution in [0.15, 0.2) is 24.3 Å². The Morgan fingerprint density at radius 1 is 1.09 bits per heavy atom. The van der Waals surface area contributed by atoms with Gasteiger partial charge in [0.25, 0.3) is 0 Å². The van der Waals surface area contributed by atoms with Crippen molar-refractivity contribution in [3.63, 3.8) is 0 Å². The van der Waals surface area contributed by atoms with Crippen LogP contribution in [-0.2, 0) is 0 Å². The lowest BCUT2D eigenvalue weighted by Gasteiger charge is -1.86. The maximum absolute atomic E-state index is 3.40. The number of allylic oxidation sites excluding steroid dienone is 4. The highest BCUT2D eigenvalue weighted by Crippen LogP contribution is 1.96. The summed E-state index contributed by atoms with van der Waals surface area (Å²) in [4.78, 5) is 0. The van der Waals surface area contributed by atoms with Crippen LogP contribution in [-0.4, -0.2) is 5.33 Å². The molecule has 0 aromatic heterocycles. The van der Waals surface area contributed by atoms with Crippen LogP contribution in [0, 0.1) is 0 Å². The zero-order valence-electron chi connectivity index (χ0n) is 7.22. The largest absolute Gasteiger partial charge is 0.0928 e. The predicted octanol–water partition coefficient (Wildman–Crippen LogP) is 4.07. The highest BCUT2D eigenvalue weighted by Gasteiger charge is 1.77. The summed E-state index contributed by atoms with van der Waals surface area (Å²) in [5, 5.41) is 1.11. The summed E-state index contributed by atoms with van der Waals surface area (Å²) in [6.45, 7) is 2.16. The maximum atomic E-state index is 3.40. The zero-order chi connectivity index (χ0) is 8.36. The molecule has 0 aromatic carbocycles. The molecule has 0 aromatic rings. The second-order valence-corrected chi connectivity index (χ2v) is 3.21. The van der Waals surface area contributed by atoms with Crippen molar-refractivity contribution < 1.29 is 0 Å². The van der Waals surface area contributed by atoms with Gasteiger partial charge in [-0.25, -0.2) is 0 Å². The number of hydrogen-bond acceptors (Lipinski definition) is 0. The molecule has 11 heavy (non-hydrogen) atoms. The van der Waals surface area contributed by atoms with E-state index >= 15 is 0 Å². The van der Waals surface area contributed by atoms with E-state index in [1.165, 1.54) is 12.8 Å². The maximum Gasteiger partial charge on any atom is 0.00342 e. The van der Waals surface area contributed by atoms with Gasteiger partial charge in [0.05, 0.1) is 0 Å². The number of unbranched alkanes of at least 4 members (excludes halogenated alkanes) is 1. The summed E-state index contributed by atoms with van der Waals surface area (Å²) in [7, 11) is 0. The first-order chi connectivity index (χ1) is 5.41. The molecule has 64 valence electrons. The first-order valence-corrected chi connectivity index (χ1v) is 5.40. The van der Waals surface area contributed by atoms with Crippen molar-refractivity contribution in [1.82, 2.24) is 0 Å². The average Bonchev–Trinajstić information content (AvgIpc) is 2.03. The Hall–Kier alpha value is -0.0400. The molecule has 0 N–H and O–H groups in total. The lowest BCUT2D eigenvalue weighted by Crippen LogP contribution is -1.69. The van der Waals surface area contributed by atoms with E-state index in [9.17, 15) is 0 Å². The van der Waals surface area contributed by atoms with E-state index < -0.39 is 0 Å². The summed E-state index contributed by atoms with van der Waals surface area (Å²) in [5.74, 6) is 0. The lowest BCUT2D eigenvalue weighted by molar-refractivity contribution is 0.974. The fourth-order valence-corrected chi connectivity index (χ4v) is 1.07. The minimum atomic E-state index is 1.09. The fourth-order valence-electron chi connectivity index (χ4n) is 0.751. The highest BCUT2D eigenvalue weighted by atomic mass is 79.9. The van der Waals surface area contributed by atoms with Gasteiger partial charge < -0.3 is 0 Å². The Morgan fingerprint density at radius 3 is 2.45 bits per heavy atom. The summed E-state index contributed by atoms with van der Waals surface area (Å²) < 4.78 is 0. The highest BCUT2D eigenvalue weighted by molar-refractivity contribution is 9.09. The Morgan fingerprint density at radius 2 is 1.82 bits per heavy atom. The monoisotopic (exact) mass is 216 g/mol. The molecular weight excluding hydrogens is 200 g/mol. The van der Waals surface area contributed by atoms with Crippen molar-refractivity contribution in [1.29, 1.82) is 0 Å². The molecular formula is C10H17Br. The van der Waals surface area contributed by atoms with Crippen LogP contribution in [0.1, 0.15) is 32.6 Å². The van der Waals surface area contributed by atoms with Crippen LogP contribution < -0.4 is 0 Å². The summed E-state index contributed by atoms with van der Waals surface area (Å²) >= 11 is 3.40. The summed E-state index contributed by atoms with van der Waals surface area (Å²) in [5.41, 5.74) is 0. The normalized spacial score (nSPS) is 11.8. The quantitative estimate of drug-likeness (QED) is 0.357. The SMILES string of the molecule is CC/C=C/C/C=C/CCCBr. The molecule has 0 saturated carbocycles. The first kappa shape index (κ1) is 11.0. The molecule has 0 aliphatic rings. The minimum absolute atomic E-state index is 1.09. The van der Waals surface area contributed by atoms with E-state index in [0.717, 1.165) is 18.2 Å². The van der Waals surface area contributed by atoms with Gasteiger partial charge in [0.2, 0.25) is 0 Å². The molecule has 1 heteroatoms. The van der Waals surface area contributed by atoms with Crippen LogP contribution in [0.2, 0.25) is 0 Å². The Bertz CT molecular complexity index is 114. The lowest BCUT2D eigenvalue weighted by atomic mass is 10.2. The molecule has 0 radical (unpaired) electrons. The van der Waals surface area contributed by atoms with Gasteiger partial charge in [-0.05, 0) is 25.7 Å². The summed E-state index contributed by atoms with van der Waals surface area (Å²) in [6.07, 6.45) is 13.6. The van der Waals surface area contributed by atoms with Gasteiger partial charge in [0.15, 0.2) is 0 Å². The molecule has 0 atom stereocenters. The van der Waals surface area contributed by atoms with Crippen LogP contribution in [0.5, 0.6) is 0 Å². The van der Waals surface area contributed by atoms with Crippen molar-refractivity contribution in [2.45, 2.75) is 32.6 Å². The Kier molecular flexibility index (Phi) is 9.92. The topological polar surface area (TPSA) is 0 Å². The molecule has 0 aliphatic heterocycles. The van der Waals surface area contributed by atoms with Gasteiger partial charge in [-0.1, -0.05) is 47.2 Å². The van der Waals surface area contributed by atoms with Crippen molar-refractivity contribution in [3.8, 4) is 0 Å². The van der Waals surface area contributed by atoms with Crippen LogP contribution in [0.25, 0.3) is 0 Å². The van der Waals surface area contributed by atoms with E-state index in [1.54, 1.807) is 0 Å². The number of hydrogen-bond donors (Lipinski definition) is 0. The minimum Gasteiger partial charge on any atom is -0.0928 e. The Balaban J connectivity index is 3.09. The van der Waals surface area contributed by atoms with Crippen molar-refractivity contribution >= 4 is 15.9 Å². The fraction of sp³-hybridized carbons (Fsp3) is 0.600. The van der Waals surface area contributed by atoms with Gasteiger partial charge in [0, 0.05) is 5.33 Å². The molecule has 0 saturated heterocycles. The van der Waals surface area contributed by atoms with Gasteiger partial charge in [-0.15, -0.1) is 0 Å². The molecule has 0 heterocycles. The van der Waals surface area contributed by atoms with Crippen LogP contribution >= 0.6 is 15.9 Å². The third-order valence-corrected chi connectivity index (χ3v) is 1.91. The van der Waals surface area contributed by atoms with E-state index in [0.29, 0.717) is 0 Å². The van der Waals surface area contributed by atoms with Gasteiger partial charge in [-0.2, -0.15) is 0 Å². The Labute approximate surface area is 78.5 Å². The molecule has 0 fully saturated rings. The van der Waals surface area contributed by atoms with Gasteiger partial charge >= 0.3 is 0 Å². The number of rotatable bonds is 6. The van der Waals surface area contributed by atoms with Crippen LogP contribution in [0.3, 0.4) is 0 Å². The second kappa shape index (κ2) is 9.96. The van der Waals surface area contributed by atoms with Crippen molar-refractivity contribution in [2.24, 2.45) is 0 Å². The average molecular weight is 217 g/mol. The zero-order valence-corrected chi connectivity index (χ0v) is 8.81. The van der Waals surface area contributed by atoms with Crippen molar-refractivity contribution in [3.05, 3.63) is 24.3 Å². The van der Waals surface area contributed by atoms with Crippen LogP contribution in [0.4, 0.5) is 0 Å². The molecule has 0 spiro atoms. The standard InChI is InChI=1S/C10H17Br/c1-2-3-4-5-6-7-8-9-10-11/h3-4,6-7H,2,5,8-10H2,1H3/b4-3+,7-6+. The number of halogens is 1. The van der Waals surface area contributed by atoms with Gasteiger partial charge in [0.1, 0.15) is 0 Å². The second-order valence-electron chi connectivity index (χ2n) is 2.42. The molecule has 0 bridgehead atoms. The molecule has 0 unspecified atom stereocenters. The molecule has 0 rings (SSSR count). The smallest absolute Gasteiger partial charge is 0.00342 e.